The first-order valence-corrected chi connectivity index (χ1v) is 8.47. The molecule has 0 radical (unpaired) electrons. The van der Waals surface area contributed by atoms with Gasteiger partial charge in [0.25, 0.3) is 0 Å². The van der Waals surface area contributed by atoms with Gasteiger partial charge in [-0.1, -0.05) is 36.9 Å². The van der Waals surface area contributed by atoms with Gasteiger partial charge in [-0.05, 0) is 25.0 Å². The number of carbonyl (C=O) groups excluding carboxylic acids is 3. The van der Waals surface area contributed by atoms with Crippen molar-refractivity contribution in [1.29, 1.82) is 0 Å². The molecular formula is C19H25N3O4. The Kier molecular flexibility index (Phi) is 6.38. The maximum atomic E-state index is 12.2. The molecule has 1 aromatic carbocycles. The number of carbonyl (C=O) groups is 3. The molecule has 2 rings (SSSR count). The molecule has 1 aliphatic rings. The molecule has 1 unspecified atom stereocenters. The van der Waals surface area contributed by atoms with Gasteiger partial charge in [-0.25, -0.2) is 4.79 Å². The molecule has 7 heteroatoms. The number of hydrogen-bond donors (Lipinski definition) is 1. The highest BCUT2D eigenvalue weighted by atomic mass is 16.6. The zero-order valence-corrected chi connectivity index (χ0v) is 15.2. The molecule has 3 amide bonds. The molecule has 0 aromatic heterocycles. The lowest BCUT2D eigenvalue weighted by Crippen LogP contribution is -2.51. The summed E-state index contributed by atoms with van der Waals surface area (Å²) < 4.78 is 5.33. The Morgan fingerprint density at radius 2 is 2.04 bits per heavy atom. The van der Waals surface area contributed by atoms with Gasteiger partial charge >= 0.3 is 6.09 Å². The predicted octanol–water partition coefficient (Wildman–Crippen LogP) is 1.55. The summed E-state index contributed by atoms with van der Waals surface area (Å²) in [4.78, 5) is 38.7. The van der Waals surface area contributed by atoms with Gasteiger partial charge in [0.1, 0.15) is 6.61 Å². The highest BCUT2D eigenvalue weighted by Crippen LogP contribution is 2.21. The summed E-state index contributed by atoms with van der Waals surface area (Å²) in [5, 5.41) is 2.91. The lowest BCUT2D eigenvalue weighted by atomic mass is 10.0. The Balaban J connectivity index is 1.81. The van der Waals surface area contributed by atoms with Crippen LogP contribution in [0.1, 0.15) is 18.9 Å². The van der Waals surface area contributed by atoms with Crippen LogP contribution in [-0.4, -0.2) is 59.9 Å². The van der Waals surface area contributed by atoms with Gasteiger partial charge in [-0.15, -0.1) is 0 Å². The summed E-state index contributed by atoms with van der Waals surface area (Å²) >= 11 is 0. The van der Waals surface area contributed by atoms with Gasteiger partial charge < -0.3 is 19.9 Å². The minimum atomic E-state index is -0.541. The summed E-state index contributed by atoms with van der Waals surface area (Å²) in [5.74, 6) is -0.590. The smallest absolute Gasteiger partial charge is 0.410 e. The van der Waals surface area contributed by atoms with Crippen LogP contribution in [-0.2, 0) is 20.9 Å². The van der Waals surface area contributed by atoms with Crippen molar-refractivity contribution in [3.8, 4) is 0 Å². The number of nitrogens with zero attached hydrogens (tertiary/aromatic N) is 2. The minimum absolute atomic E-state index is 0.0566. The van der Waals surface area contributed by atoms with Gasteiger partial charge in [0.2, 0.25) is 11.8 Å². The number of hydrogen-bond acceptors (Lipinski definition) is 4. The lowest BCUT2D eigenvalue weighted by molar-refractivity contribution is -0.132. The van der Waals surface area contributed by atoms with E-state index in [0.29, 0.717) is 19.5 Å². The van der Waals surface area contributed by atoms with E-state index in [1.54, 1.807) is 4.90 Å². The Hall–Kier alpha value is -2.83. The number of rotatable bonds is 6. The van der Waals surface area contributed by atoms with Gasteiger partial charge in [-0.3, -0.25) is 9.59 Å². The predicted molar refractivity (Wildman–Crippen MR) is 97.2 cm³/mol. The van der Waals surface area contributed by atoms with E-state index in [1.807, 2.05) is 37.3 Å². The molecule has 1 heterocycles. The Bertz CT molecular complexity index is 677. The SMILES string of the molecule is C=CC(=O)N(C)CC(=O)NC1(C)CCN(C(=O)OCc2ccccc2)C1. The lowest BCUT2D eigenvalue weighted by Gasteiger charge is -2.27. The molecule has 1 fully saturated rings. The summed E-state index contributed by atoms with van der Waals surface area (Å²) in [6.07, 6.45) is 1.39. The molecule has 0 saturated carbocycles. The quantitative estimate of drug-likeness (QED) is 0.782. The number of amides is 3. The van der Waals surface area contributed by atoms with E-state index in [2.05, 4.69) is 11.9 Å². The average molecular weight is 359 g/mol. The fourth-order valence-electron chi connectivity index (χ4n) is 2.85. The van der Waals surface area contributed by atoms with Crippen molar-refractivity contribution in [3.05, 3.63) is 48.6 Å². The summed E-state index contributed by atoms with van der Waals surface area (Å²) in [6, 6.07) is 9.46. The normalized spacial score (nSPS) is 18.9. The standard InChI is InChI=1S/C19H25N3O4/c1-4-17(24)21(3)12-16(23)20-19(2)10-11-22(14-19)18(25)26-13-15-8-6-5-7-9-15/h4-9H,1,10-14H2,2-3H3,(H,20,23). The molecule has 26 heavy (non-hydrogen) atoms. The van der Waals surface area contributed by atoms with Crippen molar-refractivity contribution >= 4 is 17.9 Å². The van der Waals surface area contributed by atoms with Crippen molar-refractivity contribution in [1.82, 2.24) is 15.1 Å². The van der Waals surface area contributed by atoms with Crippen molar-refractivity contribution in [2.75, 3.05) is 26.7 Å². The fraction of sp³-hybridized carbons (Fsp3) is 0.421. The van der Waals surface area contributed by atoms with Crippen molar-refractivity contribution in [3.63, 3.8) is 0 Å². The first-order chi connectivity index (χ1) is 12.3. The second kappa shape index (κ2) is 8.51. The molecule has 1 aliphatic heterocycles. The van der Waals surface area contributed by atoms with E-state index in [1.165, 1.54) is 11.9 Å². The van der Waals surface area contributed by atoms with Crippen LogP contribution in [0.25, 0.3) is 0 Å². The van der Waals surface area contributed by atoms with Crippen molar-refractivity contribution < 1.29 is 19.1 Å². The van der Waals surface area contributed by atoms with Crippen LogP contribution in [0.2, 0.25) is 0 Å². The van der Waals surface area contributed by atoms with Gasteiger partial charge in [0, 0.05) is 20.1 Å². The molecule has 140 valence electrons. The Morgan fingerprint density at radius 3 is 2.69 bits per heavy atom. The fourth-order valence-corrected chi connectivity index (χ4v) is 2.85. The van der Waals surface area contributed by atoms with E-state index in [0.717, 1.165) is 11.6 Å². The van der Waals surface area contributed by atoms with E-state index in [-0.39, 0.29) is 25.0 Å². The molecule has 1 aromatic rings. The van der Waals surface area contributed by atoms with E-state index in [4.69, 9.17) is 4.74 Å². The first-order valence-electron chi connectivity index (χ1n) is 8.47. The van der Waals surface area contributed by atoms with Crippen LogP contribution in [0, 0.1) is 0 Å². The van der Waals surface area contributed by atoms with Crippen LogP contribution in [0.5, 0.6) is 0 Å². The number of ether oxygens (including phenoxy) is 1. The largest absolute Gasteiger partial charge is 0.445 e. The molecule has 7 nitrogen and oxygen atoms in total. The summed E-state index contributed by atoms with van der Waals surface area (Å²) in [6.45, 7) is 6.30. The molecule has 0 spiro atoms. The molecule has 0 aliphatic carbocycles. The average Bonchev–Trinajstić information content (AvgIpc) is 3.01. The number of likely N-dealkylation sites (tertiary alicyclic amines) is 1. The van der Waals surface area contributed by atoms with Crippen LogP contribution in [0.4, 0.5) is 4.79 Å². The van der Waals surface area contributed by atoms with Crippen LogP contribution in [0.15, 0.2) is 43.0 Å². The maximum absolute atomic E-state index is 12.2. The van der Waals surface area contributed by atoms with Crippen LogP contribution < -0.4 is 5.32 Å². The Labute approximate surface area is 153 Å². The highest BCUT2D eigenvalue weighted by Gasteiger charge is 2.38. The number of benzene rings is 1. The molecular weight excluding hydrogens is 334 g/mol. The van der Waals surface area contributed by atoms with Crippen molar-refractivity contribution in [2.24, 2.45) is 0 Å². The third kappa shape index (κ3) is 5.34. The topological polar surface area (TPSA) is 79.0 Å². The highest BCUT2D eigenvalue weighted by molar-refractivity contribution is 5.90. The summed E-state index contributed by atoms with van der Waals surface area (Å²) in [5.41, 5.74) is 0.381. The van der Waals surface area contributed by atoms with Gasteiger partial charge in [0.05, 0.1) is 12.1 Å². The number of nitrogens with one attached hydrogen (secondary N) is 1. The third-order valence-corrected chi connectivity index (χ3v) is 4.31. The first kappa shape index (κ1) is 19.5. The van der Waals surface area contributed by atoms with Crippen LogP contribution in [0.3, 0.4) is 0 Å². The Morgan fingerprint density at radius 1 is 1.35 bits per heavy atom. The zero-order chi connectivity index (χ0) is 19.2. The van der Waals surface area contributed by atoms with Gasteiger partial charge in [0.15, 0.2) is 0 Å². The van der Waals surface area contributed by atoms with Crippen LogP contribution >= 0.6 is 0 Å². The monoisotopic (exact) mass is 359 g/mol. The molecule has 1 saturated heterocycles. The third-order valence-electron chi connectivity index (χ3n) is 4.31. The van der Waals surface area contributed by atoms with Gasteiger partial charge in [-0.2, -0.15) is 0 Å². The second-order valence-electron chi connectivity index (χ2n) is 6.72. The van der Waals surface area contributed by atoms with E-state index >= 15 is 0 Å². The maximum Gasteiger partial charge on any atom is 0.410 e. The number of likely N-dealkylation sites (N-methyl/N-ethyl adjacent to an activating group) is 1. The molecule has 0 bridgehead atoms. The second-order valence-corrected chi connectivity index (χ2v) is 6.72. The minimum Gasteiger partial charge on any atom is -0.445 e. The molecule has 1 N–H and O–H groups in total. The summed E-state index contributed by atoms with van der Waals surface area (Å²) in [7, 11) is 1.54. The zero-order valence-electron chi connectivity index (χ0n) is 15.2. The molecule has 1 atom stereocenters. The van der Waals surface area contributed by atoms with E-state index < -0.39 is 11.6 Å². The van der Waals surface area contributed by atoms with E-state index in [9.17, 15) is 14.4 Å². The van der Waals surface area contributed by atoms with Crippen molar-refractivity contribution in [2.45, 2.75) is 25.5 Å².